The van der Waals surface area contributed by atoms with Crippen LogP contribution in [-0.2, 0) is 4.79 Å². The molecule has 0 aromatic heterocycles. The molecule has 2 unspecified atom stereocenters. The van der Waals surface area contributed by atoms with Crippen LogP contribution in [0.2, 0.25) is 5.02 Å². The van der Waals surface area contributed by atoms with E-state index in [2.05, 4.69) is 5.32 Å². The maximum atomic E-state index is 12.7. The van der Waals surface area contributed by atoms with Crippen LogP contribution in [0.1, 0.15) is 35.2 Å². The van der Waals surface area contributed by atoms with Gasteiger partial charge in [0, 0.05) is 36.1 Å². The van der Waals surface area contributed by atoms with E-state index >= 15 is 0 Å². The molecule has 5 heteroatoms. The van der Waals surface area contributed by atoms with Gasteiger partial charge in [-0.15, -0.1) is 0 Å². The van der Waals surface area contributed by atoms with Gasteiger partial charge < -0.3 is 10.2 Å². The molecule has 1 N–H and O–H groups in total. The number of aryl methyl sites for hydroxylation is 1. The summed E-state index contributed by atoms with van der Waals surface area (Å²) in [5.41, 5.74) is 1.63. The molecule has 3 rings (SSSR count). The minimum absolute atomic E-state index is 0.0466. The van der Waals surface area contributed by atoms with Gasteiger partial charge in [-0.1, -0.05) is 17.7 Å². The quantitative estimate of drug-likeness (QED) is 0.866. The maximum Gasteiger partial charge on any atom is 0.254 e. The smallest absolute Gasteiger partial charge is 0.254 e. The number of carbonyl (C=O) groups excluding carboxylic acids is 2. The largest absolute Gasteiger partial charge is 0.353 e. The Kier molecular flexibility index (Phi) is 3.89. The summed E-state index contributed by atoms with van der Waals surface area (Å²) in [6.45, 7) is 3.33. The van der Waals surface area contributed by atoms with E-state index in [1.807, 2.05) is 17.9 Å². The second kappa shape index (κ2) is 5.68. The molecule has 112 valence electrons. The highest BCUT2D eigenvalue weighted by molar-refractivity contribution is 6.31. The normalized spacial score (nSPS) is 25.2. The molecule has 0 bridgehead atoms. The van der Waals surface area contributed by atoms with Crippen molar-refractivity contribution in [2.45, 2.75) is 32.2 Å². The third-order valence-electron chi connectivity index (χ3n) is 4.54. The Morgan fingerprint density at radius 3 is 3.00 bits per heavy atom. The third-order valence-corrected chi connectivity index (χ3v) is 4.77. The summed E-state index contributed by atoms with van der Waals surface area (Å²) in [6.07, 6.45) is 2.27. The van der Waals surface area contributed by atoms with E-state index in [9.17, 15) is 9.59 Å². The van der Waals surface area contributed by atoms with Gasteiger partial charge in [-0.2, -0.15) is 0 Å². The molecule has 4 nitrogen and oxygen atoms in total. The molecule has 0 spiro atoms. The van der Waals surface area contributed by atoms with Crippen molar-refractivity contribution in [3.8, 4) is 0 Å². The Labute approximate surface area is 129 Å². The lowest BCUT2D eigenvalue weighted by atomic mass is 9.85. The summed E-state index contributed by atoms with van der Waals surface area (Å²) in [5, 5.41) is 3.63. The highest BCUT2D eigenvalue weighted by Gasteiger charge is 2.35. The van der Waals surface area contributed by atoms with Crippen molar-refractivity contribution in [3.63, 3.8) is 0 Å². The third kappa shape index (κ3) is 2.91. The van der Waals surface area contributed by atoms with Crippen LogP contribution >= 0.6 is 11.6 Å². The van der Waals surface area contributed by atoms with Crippen LogP contribution in [0.25, 0.3) is 0 Å². The first-order chi connectivity index (χ1) is 10.0. The van der Waals surface area contributed by atoms with E-state index in [0.717, 1.165) is 24.9 Å². The standard InChI is InChI=1S/C16H19ClN2O2/c1-10-2-4-12(17)8-13(10)16(21)19-7-6-14-11(9-19)3-5-15(20)18-14/h2,4,8,11,14H,3,5-7,9H2,1H3,(H,18,20). The van der Waals surface area contributed by atoms with Gasteiger partial charge in [0.1, 0.15) is 0 Å². The Balaban J connectivity index is 1.74. The lowest BCUT2D eigenvalue weighted by Crippen LogP contribution is -2.55. The van der Waals surface area contributed by atoms with Crippen molar-refractivity contribution < 1.29 is 9.59 Å². The second-order valence-electron chi connectivity index (χ2n) is 5.97. The van der Waals surface area contributed by atoms with Crippen molar-refractivity contribution in [1.29, 1.82) is 0 Å². The predicted octanol–water partition coefficient (Wildman–Crippen LogP) is 2.39. The number of hydrogen-bond acceptors (Lipinski definition) is 2. The summed E-state index contributed by atoms with van der Waals surface area (Å²) >= 11 is 6.01. The number of rotatable bonds is 1. The second-order valence-corrected chi connectivity index (χ2v) is 6.41. The van der Waals surface area contributed by atoms with Crippen molar-refractivity contribution in [2.24, 2.45) is 5.92 Å². The minimum atomic E-state index is 0.0466. The maximum absolute atomic E-state index is 12.7. The van der Waals surface area contributed by atoms with Crippen molar-refractivity contribution in [3.05, 3.63) is 34.3 Å². The molecule has 0 aliphatic carbocycles. The van der Waals surface area contributed by atoms with E-state index < -0.39 is 0 Å². The van der Waals surface area contributed by atoms with Crippen molar-refractivity contribution in [2.75, 3.05) is 13.1 Å². The molecular formula is C16H19ClN2O2. The fourth-order valence-electron chi connectivity index (χ4n) is 3.29. The zero-order chi connectivity index (χ0) is 15.0. The molecule has 2 aliphatic rings. The molecule has 2 fully saturated rings. The number of carbonyl (C=O) groups is 2. The summed E-state index contributed by atoms with van der Waals surface area (Å²) in [6, 6.07) is 5.66. The molecule has 1 aromatic rings. The van der Waals surface area contributed by atoms with E-state index in [4.69, 9.17) is 11.6 Å². The van der Waals surface area contributed by atoms with Gasteiger partial charge >= 0.3 is 0 Å². The highest BCUT2D eigenvalue weighted by Crippen LogP contribution is 2.27. The number of nitrogens with one attached hydrogen (secondary N) is 1. The summed E-state index contributed by atoms with van der Waals surface area (Å²) in [4.78, 5) is 26.0. The van der Waals surface area contributed by atoms with Crippen LogP contribution in [0.4, 0.5) is 0 Å². The van der Waals surface area contributed by atoms with Crippen molar-refractivity contribution in [1.82, 2.24) is 10.2 Å². The Morgan fingerprint density at radius 2 is 2.19 bits per heavy atom. The zero-order valence-electron chi connectivity index (χ0n) is 12.1. The number of nitrogens with zero attached hydrogens (tertiary/aromatic N) is 1. The number of likely N-dealkylation sites (tertiary alicyclic amines) is 1. The van der Waals surface area contributed by atoms with E-state index in [1.54, 1.807) is 12.1 Å². The van der Waals surface area contributed by atoms with E-state index in [0.29, 0.717) is 29.5 Å². The van der Waals surface area contributed by atoms with Crippen LogP contribution in [-0.4, -0.2) is 35.8 Å². The summed E-state index contributed by atoms with van der Waals surface area (Å²) < 4.78 is 0. The van der Waals surface area contributed by atoms with Gasteiger partial charge in [-0.25, -0.2) is 0 Å². The molecule has 2 amide bonds. The molecular weight excluding hydrogens is 288 g/mol. The molecule has 21 heavy (non-hydrogen) atoms. The fourth-order valence-corrected chi connectivity index (χ4v) is 3.46. The number of amides is 2. The van der Waals surface area contributed by atoms with Crippen LogP contribution < -0.4 is 5.32 Å². The zero-order valence-corrected chi connectivity index (χ0v) is 12.8. The monoisotopic (exact) mass is 306 g/mol. The van der Waals surface area contributed by atoms with Gasteiger partial charge in [-0.3, -0.25) is 9.59 Å². The molecule has 2 atom stereocenters. The minimum Gasteiger partial charge on any atom is -0.353 e. The Morgan fingerprint density at radius 1 is 1.38 bits per heavy atom. The highest BCUT2D eigenvalue weighted by atomic mass is 35.5. The first kappa shape index (κ1) is 14.4. The Hall–Kier alpha value is -1.55. The van der Waals surface area contributed by atoms with E-state index in [1.165, 1.54) is 0 Å². The van der Waals surface area contributed by atoms with Gasteiger partial charge in [0.25, 0.3) is 5.91 Å². The number of hydrogen-bond donors (Lipinski definition) is 1. The lowest BCUT2D eigenvalue weighted by molar-refractivity contribution is -0.125. The average molecular weight is 307 g/mol. The summed E-state index contributed by atoms with van der Waals surface area (Å²) in [5.74, 6) is 0.562. The van der Waals surface area contributed by atoms with Crippen LogP contribution in [0.5, 0.6) is 0 Å². The van der Waals surface area contributed by atoms with Crippen LogP contribution in [0.15, 0.2) is 18.2 Å². The van der Waals surface area contributed by atoms with Crippen molar-refractivity contribution >= 4 is 23.4 Å². The van der Waals surface area contributed by atoms with Gasteiger partial charge in [0.05, 0.1) is 0 Å². The molecule has 2 aliphatic heterocycles. The molecule has 2 heterocycles. The van der Waals surface area contributed by atoms with Gasteiger partial charge in [0.15, 0.2) is 0 Å². The first-order valence-corrected chi connectivity index (χ1v) is 7.77. The lowest BCUT2D eigenvalue weighted by Gasteiger charge is -2.41. The molecule has 2 saturated heterocycles. The summed E-state index contributed by atoms with van der Waals surface area (Å²) in [7, 11) is 0. The number of halogens is 1. The van der Waals surface area contributed by atoms with Crippen LogP contribution in [0.3, 0.4) is 0 Å². The van der Waals surface area contributed by atoms with Crippen LogP contribution in [0, 0.1) is 12.8 Å². The molecule has 1 aromatic carbocycles. The van der Waals surface area contributed by atoms with Gasteiger partial charge in [0.2, 0.25) is 5.91 Å². The molecule has 0 saturated carbocycles. The Bertz CT molecular complexity index is 588. The topological polar surface area (TPSA) is 49.4 Å². The number of fused-ring (bicyclic) bond motifs is 1. The molecule has 0 radical (unpaired) electrons. The SMILES string of the molecule is Cc1ccc(Cl)cc1C(=O)N1CCC2NC(=O)CCC2C1. The number of benzene rings is 1. The average Bonchev–Trinajstić information content (AvgIpc) is 2.48. The predicted molar refractivity (Wildman–Crippen MR) is 81.4 cm³/mol. The van der Waals surface area contributed by atoms with Gasteiger partial charge in [-0.05, 0) is 43.4 Å². The van der Waals surface area contributed by atoms with E-state index in [-0.39, 0.29) is 17.9 Å². The number of piperidine rings is 2. The first-order valence-electron chi connectivity index (χ1n) is 7.39. The fraction of sp³-hybridized carbons (Fsp3) is 0.500.